The molecule has 0 aliphatic rings. The molecule has 0 aromatic carbocycles. The zero-order chi connectivity index (χ0) is 16.1. The van der Waals surface area contributed by atoms with Crippen LogP contribution in [0.4, 0.5) is 0 Å². The van der Waals surface area contributed by atoms with Gasteiger partial charge in [-0.3, -0.25) is 9.59 Å². The Balaban J connectivity index is 3.45. The monoisotopic (exact) mass is 308 g/mol. The normalized spacial score (nSPS) is 13.5. The molecule has 0 aliphatic heterocycles. The molecule has 0 heterocycles. The lowest BCUT2D eigenvalue weighted by Crippen LogP contribution is -2.26. The summed E-state index contributed by atoms with van der Waals surface area (Å²) in [6.45, 7) is 2.78. The topological polar surface area (TPSA) is 112 Å². The van der Waals surface area contributed by atoms with Crippen molar-refractivity contribution in [1.82, 2.24) is 0 Å². The molecule has 0 aromatic rings. The lowest BCUT2D eigenvalue weighted by molar-refractivity contribution is -0.151. The van der Waals surface area contributed by atoms with Crippen LogP contribution in [0.3, 0.4) is 0 Å². The van der Waals surface area contributed by atoms with E-state index in [-0.39, 0.29) is 46.1 Å². The summed E-state index contributed by atoms with van der Waals surface area (Å²) in [5, 5.41) is 18.8. The van der Waals surface area contributed by atoms with Gasteiger partial charge in [-0.15, -0.1) is 0 Å². The largest absolute Gasteiger partial charge is 0.463 e. The lowest BCUT2D eigenvalue weighted by Gasteiger charge is -2.13. The van der Waals surface area contributed by atoms with Crippen LogP contribution in [0.5, 0.6) is 0 Å². The van der Waals surface area contributed by atoms with Gasteiger partial charge >= 0.3 is 11.9 Å². The number of carbonyl (C=O) groups is 2. The second-order valence-electron chi connectivity index (χ2n) is 4.24. The Morgan fingerprint density at radius 3 is 1.52 bits per heavy atom. The first kappa shape index (κ1) is 19.8. The van der Waals surface area contributed by atoms with Gasteiger partial charge in [0.1, 0.15) is 32.2 Å². The summed E-state index contributed by atoms with van der Waals surface area (Å²) < 4.78 is 19.4. The summed E-state index contributed by atoms with van der Waals surface area (Å²) in [5.41, 5.74) is 0. The summed E-state index contributed by atoms with van der Waals surface area (Å²) in [6.07, 6.45) is -1.37. The van der Waals surface area contributed by atoms with Crippen molar-refractivity contribution in [1.29, 1.82) is 0 Å². The number of carbonyl (C=O) groups excluding carboxylic acids is 2. The van der Waals surface area contributed by atoms with Crippen LogP contribution in [0, 0.1) is 0 Å². The van der Waals surface area contributed by atoms with E-state index >= 15 is 0 Å². The highest BCUT2D eigenvalue weighted by Crippen LogP contribution is 1.94. The molecule has 0 saturated carbocycles. The fourth-order valence-electron chi connectivity index (χ4n) is 1.11. The molecule has 0 bridgehead atoms. The summed E-state index contributed by atoms with van der Waals surface area (Å²) >= 11 is 0. The molecule has 2 N–H and O–H groups in total. The van der Waals surface area contributed by atoms with Crippen molar-refractivity contribution in [2.75, 3.05) is 33.2 Å². The molecule has 0 rings (SSSR count). The standard InChI is InChI=1S/C13H24O8/c1-3-12(16)20-7-10(14)5-18-9-19-6-11(15)8-21-13(17)4-2/h10-11,14-15H,3-9H2,1-2H3. The van der Waals surface area contributed by atoms with Crippen LogP contribution in [-0.4, -0.2) is 67.6 Å². The van der Waals surface area contributed by atoms with Crippen molar-refractivity contribution >= 4 is 11.9 Å². The van der Waals surface area contributed by atoms with Gasteiger partial charge in [-0.1, -0.05) is 13.8 Å². The third-order valence-electron chi connectivity index (χ3n) is 2.24. The molecule has 0 saturated heterocycles. The third kappa shape index (κ3) is 12.2. The maximum absolute atomic E-state index is 10.8. The van der Waals surface area contributed by atoms with Crippen molar-refractivity contribution in [2.24, 2.45) is 0 Å². The SMILES string of the molecule is CCC(=O)OCC(O)COCOCC(O)COC(=O)CC. The molecule has 21 heavy (non-hydrogen) atoms. The van der Waals surface area contributed by atoms with Crippen LogP contribution in [0.2, 0.25) is 0 Å². The second kappa shape index (κ2) is 12.5. The number of aliphatic hydroxyl groups excluding tert-OH is 2. The summed E-state index contributed by atoms with van der Waals surface area (Å²) in [5.74, 6) is -0.787. The van der Waals surface area contributed by atoms with E-state index in [0.717, 1.165) is 0 Å². The zero-order valence-corrected chi connectivity index (χ0v) is 12.4. The molecule has 8 heteroatoms. The maximum Gasteiger partial charge on any atom is 0.305 e. The van der Waals surface area contributed by atoms with Crippen LogP contribution in [0.15, 0.2) is 0 Å². The summed E-state index contributed by atoms with van der Waals surface area (Å²) in [6, 6.07) is 0. The first-order valence-electron chi connectivity index (χ1n) is 6.82. The van der Waals surface area contributed by atoms with E-state index in [2.05, 4.69) is 0 Å². The van der Waals surface area contributed by atoms with Gasteiger partial charge in [-0.2, -0.15) is 0 Å². The molecule has 2 atom stereocenters. The number of hydrogen-bond donors (Lipinski definition) is 2. The molecule has 124 valence electrons. The van der Waals surface area contributed by atoms with Gasteiger partial charge in [0.05, 0.1) is 13.2 Å². The quantitative estimate of drug-likeness (QED) is 0.285. The summed E-state index contributed by atoms with van der Waals surface area (Å²) in [7, 11) is 0. The third-order valence-corrected chi connectivity index (χ3v) is 2.24. The van der Waals surface area contributed by atoms with Gasteiger partial charge in [-0.25, -0.2) is 0 Å². The Labute approximate surface area is 123 Å². The van der Waals surface area contributed by atoms with E-state index in [1.807, 2.05) is 0 Å². The van der Waals surface area contributed by atoms with Gasteiger partial charge in [0.2, 0.25) is 0 Å². The van der Waals surface area contributed by atoms with Crippen molar-refractivity contribution in [3.8, 4) is 0 Å². The highest BCUT2D eigenvalue weighted by atomic mass is 16.7. The molecule has 2 unspecified atom stereocenters. The number of esters is 2. The smallest absolute Gasteiger partial charge is 0.305 e. The molecular formula is C13H24O8. The minimum Gasteiger partial charge on any atom is -0.463 e. The average molecular weight is 308 g/mol. The van der Waals surface area contributed by atoms with Crippen molar-refractivity contribution in [2.45, 2.75) is 38.9 Å². The zero-order valence-electron chi connectivity index (χ0n) is 12.4. The van der Waals surface area contributed by atoms with E-state index in [0.29, 0.717) is 0 Å². The Bertz CT molecular complexity index is 266. The van der Waals surface area contributed by atoms with Crippen LogP contribution >= 0.6 is 0 Å². The highest BCUT2D eigenvalue weighted by molar-refractivity contribution is 5.69. The van der Waals surface area contributed by atoms with Gasteiger partial charge in [0.25, 0.3) is 0 Å². The van der Waals surface area contributed by atoms with Gasteiger partial charge in [0, 0.05) is 12.8 Å². The van der Waals surface area contributed by atoms with Crippen LogP contribution in [0.25, 0.3) is 0 Å². The highest BCUT2D eigenvalue weighted by Gasteiger charge is 2.09. The predicted molar refractivity (Wildman–Crippen MR) is 71.3 cm³/mol. The van der Waals surface area contributed by atoms with E-state index in [1.54, 1.807) is 13.8 Å². The molecule has 0 aromatic heterocycles. The minimum absolute atomic E-state index is 0.0576. The van der Waals surface area contributed by atoms with E-state index in [4.69, 9.17) is 18.9 Å². The molecule has 0 spiro atoms. The minimum atomic E-state index is -0.931. The summed E-state index contributed by atoms with van der Waals surface area (Å²) in [4.78, 5) is 21.7. The van der Waals surface area contributed by atoms with Crippen molar-refractivity contribution in [3.05, 3.63) is 0 Å². The molecular weight excluding hydrogens is 284 g/mol. The van der Waals surface area contributed by atoms with Gasteiger partial charge in [0.15, 0.2) is 0 Å². The average Bonchev–Trinajstić information content (AvgIpc) is 2.49. The van der Waals surface area contributed by atoms with Crippen molar-refractivity contribution < 1.29 is 38.7 Å². The molecule has 0 amide bonds. The van der Waals surface area contributed by atoms with Crippen LogP contribution < -0.4 is 0 Å². The van der Waals surface area contributed by atoms with E-state index in [1.165, 1.54) is 0 Å². The first-order chi connectivity index (χ1) is 9.99. The van der Waals surface area contributed by atoms with Crippen LogP contribution in [-0.2, 0) is 28.5 Å². The fourth-order valence-corrected chi connectivity index (χ4v) is 1.11. The van der Waals surface area contributed by atoms with Gasteiger partial charge < -0.3 is 29.2 Å². The molecule has 0 radical (unpaired) electrons. The fraction of sp³-hybridized carbons (Fsp3) is 0.846. The Kier molecular flexibility index (Phi) is 11.8. The van der Waals surface area contributed by atoms with Gasteiger partial charge in [-0.05, 0) is 0 Å². The Morgan fingerprint density at radius 1 is 0.810 bits per heavy atom. The molecule has 0 fully saturated rings. The first-order valence-corrected chi connectivity index (χ1v) is 6.82. The van der Waals surface area contributed by atoms with Crippen LogP contribution in [0.1, 0.15) is 26.7 Å². The molecule has 0 aliphatic carbocycles. The maximum atomic E-state index is 10.8. The number of ether oxygens (including phenoxy) is 4. The predicted octanol–water partition coefficient (Wildman–Crippen LogP) is -0.395. The second-order valence-corrected chi connectivity index (χ2v) is 4.24. The Morgan fingerprint density at radius 2 is 1.19 bits per heavy atom. The number of rotatable bonds is 12. The number of hydrogen-bond acceptors (Lipinski definition) is 8. The van der Waals surface area contributed by atoms with Crippen molar-refractivity contribution in [3.63, 3.8) is 0 Å². The Hall–Kier alpha value is -1.22. The lowest BCUT2D eigenvalue weighted by atomic mass is 10.4. The number of aliphatic hydroxyl groups is 2. The van der Waals surface area contributed by atoms with E-state index < -0.39 is 24.1 Å². The molecule has 8 nitrogen and oxygen atoms in total. The van der Waals surface area contributed by atoms with E-state index in [9.17, 15) is 19.8 Å².